The molecular formula is C17H21N3O2. The number of carbonyl (C=O) groups excluding carboxylic acids is 2. The molecule has 1 aliphatic carbocycles. The van der Waals surface area contributed by atoms with Crippen LogP contribution in [-0.2, 0) is 15.1 Å². The average Bonchev–Trinajstić information content (AvgIpc) is 3.00. The Balaban J connectivity index is 1.81. The van der Waals surface area contributed by atoms with E-state index in [1.807, 2.05) is 31.3 Å². The molecule has 1 saturated carbocycles. The SMILES string of the molecule is CN1CCN(c2ccc(C3(N=C=O)CCCC3)cc2)CC1=O. The lowest BCUT2D eigenvalue weighted by atomic mass is 9.89. The standard InChI is InChI=1S/C17H21N3O2/c1-19-10-11-20(12-16(19)22)15-6-4-14(5-7-15)17(18-13-21)8-2-3-9-17/h4-7H,2-3,8-12H2,1H3. The normalized spacial score (nSPS) is 20.9. The number of piperazine rings is 1. The van der Waals surface area contributed by atoms with Gasteiger partial charge in [-0.25, -0.2) is 4.79 Å². The fourth-order valence-corrected chi connectivity index (χ4v) is 3.47. The Morgan fingerprint density at radius 3 is 2.41 bits per heavy atom. The fraction of sp³-hybridized carbons (Fsp3) is 0.529. The molecule has 0 atom stereocenters. The van der Waals surface area contributed by atoms with E-state index in [-0.39, 0.29) is 11.4 Å². The van der Waals surface area contributed by atoms with Crippen LogP contribution >= 0.6 is 0 Å². The van der Waals surface area contributed by atoms with Crippen molar-refractivity contribution in [1.29, 1.82) is 0 Å². The number of hydrogen-bond acceptors (Lipinski definition) is 4. The van der Waals surface area contributed by atoms with Crippen molar-refractivity contribution in [2.75, 3.05) is 31.6 Å². The molecule has 1 heterocycles. The molecule has 5 heteroatoms. The summed E-state index contributed by atoms with van der Waals surface area (Å²) in [5, 5.41) is 0. The zero-order valence-electron chi connectivity index (χ0n) is 12.9. The first-order valence-corrected chi connectivity index (χ1v) is 7.83. The quantitative estimate of drug-likeness (QED) is 0.634. The molecule has 116 valence electrons. The topological polar surface area (TPSA) is 53.0 Å². The summed E-state index contributed by atoms with van der Waals surface area (Å²) in [7, 11) is 1.84. The molecule has 1 saturated heterocycles. The van der Waals surface area contributed by atoms with E-state index in [1.54, 1.807) is 11.0 Å². The van der Waals surface area contributed by atoms with Gasteiger partial charge in [-0.1, -0.05) is 25.0 Å². The van der Waals surface area contributed by atoms with E-state index in [1.165, 1.54) is 0 Å². The van der Waals surface area contributed by atoms with Crippen LogP contribution < -0.4 is 4.90 Å². The van der Waals surface area contributed by atoms with Crippen LogP contribution in [0.25, 0.3) is 0 Å². The summed E-state index contributed by atoms with van der Waals surface area (Å²) in [5.74, 6) is 0.146. The number of anilines is 1. The molecule has 1 amide bonds. The number of carbonyl (C=O) groups is 1. The number of aliphatic imine (C=N–C) groups is 1. The van der Waals surface area contributed by atoms with E-state index in [0.717, 1.165) is 50.0 Å². The van der Waals surface area contributed by atoms with E-state index < -0.39 is 0 Å². The molecule has 3 rings (SSSR count). The smallest absolute Gasteiger partial charge is 0.241 e. The van der Waals surface area contributed by atoms with Gasteiger partial charge in [0.25, 0.3) is 0 Å². The van der Waals surface area contributed by atoms with E-state index in [0.29, 0.717) is 6.54 Å². The van der Waals surface area contributed by atoms with Gasteiger partial charge < -0.3 is 9.80 Å². The van der Waals surface area contributed by atoms with E-state index in [9.17, 15) is 9.59 Å². The Labute approximate surface area is 130 Å². The van der Waals surface area contributed by atoms with Crippen LogP contribution in [-0.4, -0.2) is 43.6 Å². The van der Waals surface area contributed by atoms with Crippen LogP contribution in [0.5, 0.6) is 0 Å². The van der Waals surface area contributed by atoms with Crippen molar-refractivity contribution in [2.45, 2.75) is 31.2 Å². The first-order chi connectivity index (χ1) is 10.6. The summed E-state index contributed by atoms with van der Waals surface area (Å²) in [4.78, 5) is 30.6. The molecule has 5 nitrogen and oxygen atoms in total. The van der Waals surface area contributed by atoms with Gasteiger partial charge in [0.2, 0.25) is 12.0 Å². The lowest BCUT2D eigenvalue weighted by Crippen LogP contribution is -2.48. The summed E-state index contributed by atoms with van der Waals surface area (Å²) in [6, 6.07) is 8.16. The third-order valence-corrected chi connectivity index (χ3v) is 4.92. The van der Waals surface area contributed by atoms with Crippen molar-refractivity contribution in [3.63, 3.8) is 0 Å². The predicted octanol–water partition coefficient (Wildman–Crippen LogP) is 2.07. The number of benzene rings is 1. The van der Waals surface area contributed by atoms with Crippen LogP contribution in [0.15, 0.2) is 29.3 Å². The molecule has 1 aliphatic heterocycles. The van der Waals surface area contributed by atoms with Gasteiger partial charge in [0.05, 0.1) is 12.1 Å². The highest BCUT2D eigenvalue weighted by Gasteiger charge is 2.35. The Hall–Kier alpha value is -2.13. The Morgan fingerprint density at radius 2 is 1.82 bits per heavy atom. The number of likely N-dealkylation sites (N-methyl/N-ethyl adjacent to an activating group) is 1. The molecule has 0 bridgehead atoms. The molecule has 2 fully saturated rings. The fourth-order valence-electron chi connectivity index (χ4n) is 3.47. The van der Waals surface area contributed by atoms with Gasteiger partial charge >= 0.3 is 0 Å². The van der Waals surface area contributed by atoms with Crippen molar-refractivity contribution in [3.05, 3.63) is 29.8 Å². The minimum Gasteiger partial charge on any atom is -0.360 e. The number of nitrogens with zero attached hydrogens (tertiary/aromatic N) is 3. The second kappa shape index (κ2) is 5.93. The summed E-state index contributed by atoms with van der Waals surface area (Å²) >= 11 is 0. The maximum absolute atomic E-state index is 11.8. The largest absolute Gasteiger partial charge is 0.360 e. The van der Waals surface area contributed by atoms with Crippen molar-refractivity contribution >= 4 is 17.7 Å². The van der Waals surface area contributed by atoms with Gasteiger partial charge in [0.15, 0.2) is 0 Å². The molecule has 22 heavy (non-hydrogen) atoms. The minimum atomic E-state index is -0.377. The molecular weight excluding hydrogens is 278 g/mol. The Kier molecular flexibility index (Phi) is 3.99. The first kappa shape index (κ1) is 14.8. The van der Waals surface area contributed by atoms with Crippen LogP contribution in [0.3, 0.4) is 0 Å². The molecule has 1 aromatic carbocycles. The first-order valence-electron chi connectivity index (χ1n) is 7.83. The zero-order chi connectivity index (χ0) is 15.6. The van der Waals surface area contributed by atoms with Gasteiger partial charge in [-0.3, -0.25) is 4.79 Å². The van der Waals surface area contributed by atoms with Crippen LogP contribution in [0.4, 0.5) is 5.69 Å². The van der Waals surface area contributed by atoms with Gasteiger partial charge in [0, 0.05) is 25.8 Å². The molecule has 0 unspecified atom stereocenters. The van der Waals surface area contributed by atoms with Gasteiger partial charge in [-0.05, 0) is 30.5 Å². The summed E-state index contributed by atoms with van der Waals surface area (Å²) in [6.45, 7) is 2.02. The molecule has 0 aromatic heterocycles. The third-order valence-electron chi connectivity index (χ3n) is 4.92. The molecule has 2 aliphatic rings. The van der Waals surface area contributed by atoms with Gasteiger partial charge in [0.1, 0.15) is 0 Å². The monoisotopic (exact) mass is 299 g/mol. The highest BCUT2D eigenvalue weighted by Crippen LogP contribution is 2.42. The number of rotatable bonds is 3. The molecule has 0 spiro atoms. The lowest BCUT2D eigenvalue weighted by Gasteiger charge is -2.34. The van der Waals surface area contributed by atoms with Crippen molar-refractivity contribution in [3.8, 4) is 0 Å². The van der Waals surface area contributed by atoms with Crippen molar-refractivity contribution in [1.82, 2.24) is 4.90 Å². The number of hydrogen-bond donors (Lipinski definition) is 0. The summed E-state index contributed by atoms with van der Waals surface area (Å²) < 4.78 is 0. The zero-order valence-corrected chi connectivity index (χ0v) is 12.9. The minimum absolute atomic E-state index is 0.146. The van der Waals surface area contributed by atoms with E-state index in [4.69, 9.17) is 0 Å². The summed E-state index contributed by atoms with van der Waals surface area (Å²) in [6.07, 6.45) is 5.77. The van der Waals surface area contributed by atoms with Crippen molar-refractivity contribution < 1.29 is 9.59 Å². The molecule has 0 N–H and O–H groups in total. The third kappa shape index (κ3) is 2.64. The van der Waals surface area contributed by atoms with Crippen molar-refractivity contribution in [2.24, 2.45) is 4.99 Å². The number of amides is 1. The van der Waals surface area contributed by atoms with Crippen LogP contribution in [0, 0.1) is 0 Å². The van der Waals surface area contributed by atoms with Crippen LogP contribution in [0.2, 0.25) is 0 Å². The maximum Gasteiger partial charge on any atom is 0.241 e. The second-order valence-corrected chi connectivity index (χ2v) is 6.23. The van der Waals surface area contributed by atoms with E-state index in [2.05, 4.69) is 9.89 Å². The number of isocyanates is 1. The highest BCUT2D eigenvalue weighted by atomic mass is 16.2. The second-order valence-electron chi connectivity index (χ2n) is 6.23. The highest BCUT2D eigenvalue weighted by molar-refractivity contribution is 5.82. The lowest BCUT2D eigenvalue weighted by molar-refractivity contribution is -0.129. The van der Waals surface area contributed by atoms with Gasteiger partial charge in [-0.2, -0.15) is 4.99 Å². The van der Waals surface area contributed by atoms with Gasteiger partial charge in [-0.15, -0.1) is 0 Å². The summed E-state index contributed by atoms with van der Waals surface area (Å²) in [5.41, 5.74) is 1.75. The Bertz CT molecular complexity index is 599. The average molecular weight is 299 g/mol. The molecule has 0 radical (unpaired) electrons. The van der Waals surface area contributed by atoms with E-state index >= 15 is 0 Å². The maximum atomic E-state index is 11.8. The Morgan fingerprint density at radius 1 is 1.14 bits per heavy atom. The molecule has 1 aromatic rings. The predicted molar refractivity (Wildman–Crippen MR) is 84.6 cm³/mol. The van der Waals surface area contributed by atoms with Crippen LogP contribution in [0.1, 0.15) is 31.2 Å².